The van der Waals surface area contributed by atoms with E-state index in [2.05, 4.69) is 28.7 Å². The third-order valence-electron chi connectivity index (χ3n) is 4.43. The standard InChI is InChI=1S/C17H22N4O.ClH/c1-13-4-5-15(14(2)12-13)20-16(22)17(6-9-18-10-7-17)21-11-3-8-19-21;/h3-5,8,11-12,18H,6-7,9-10H2,1-2H3,(H,20,22);1H. The minimum Gasteiger partial charge on any atom is -0.324 e. The molecule has 0 unspecified atom stereocenters. The topological polar surface area (TPSA) is 59.0 Å². The number of piperidine rings is 1. The first-order chi connectivity index (χ1) is 10.6. The van der Waals surface area contributed by atoms with Gasteiger partial charge in [-0.2, -0.15) is 5.10 Å². The fourth-order valence-electron chi connectivity index (χ4n) is 3.12. The molecule has 1 aliphatic rings. The largest absolute Gasteiger partial charge is 0.324 e. The zero-order chi connectivity index (χ0) is 15.6. The molecule has 2 aromatic rings. The summed E-state index contributed by atoms with van der Waals surface area (Å²) in [5, 5.41) is 10.8. The Bertz CT molecular complexity index is 663. The molecule has 5 nitrogen and oxygen atoms in total. The van der Waals surface area contributed by atoms with E-state index < -0.39 is 5.54 Å². The van der Waals surface area contributed by atoms with Gasteiger partial charge < -0.3 is 10.6 Å². The molecule has 1 aromatic carbocycles. The lowest BCUT2D eigenvalue weighted by atomic mass is 9.87. The number of halogens is 1. The van der Waals surface area contributed by atoms with Crippen molar-refractivity contribution in [3.05, 3.63) is 47.8 Å². The van der Waals surface area contributed by atoms with Crippen LogP contribution in [0.25, 0.3) is 0 Å². The second-order valence-corrected chi connectivity index (χ2v) is 6.00. The summed E-state index contributed by atoms with van der Waals surface area (Å²) in [4.78, 5) is 13.0. The van der Waals surface area contributed by atoms with Crippen molar-refractivity contribution in [3.63, 3.8) is 0 Å². The van der Waals surface area contributed by atoms with Crippen molar-refractivity contribution in [2.45, 2.75) is 32.2 Å². The summed E-state index contributed by atoms with van der Waals surface area (Å²) >= 11 is 0. The molecule has 6 heteroatoms. The van der Waals surface area contributed by atoms with Crippen molar-refractivity contribution >= 4 is 24.0 Å². The minimum atomic E-state index is -0.605. The number of nitrogens with zero attached hydrogens (tertiary/aromatic N) is 2. The second-order valence-electron chi connectivity index (χ2n) is 6.00. The van der Waals surface area contributed by atoms with Gasteiger partial charge in [-0.25, -0.2) is 0 Å². The van der Waals surface area contributed by atoms with Crippen LogP contribution in [-0.4, -0.2) is 28.8 Å². The van der Waals surface area contributed by atoms with Gasteiger partial charge >= 0.3 is 0 Å². The van der Waals surface area contributed by atoms with Gasteiger partial charge in [-0.1, -0.05) is 17.7 Å². The van der Waals surface area contributed by atoms with Gasteiger partial charge in [0.15, 0.2) is 0 Å². The maximum Gasteiger partial charge on any atom is 0.252 e. The molecule has 0 aliphatic carbocycles. The lowest BCUT2D eigenvalue weighted by Crippen LogP contribution is -2.52. The Balaban J connectivity index is 0.00000192. The highest BCUT2D eigenvalue weighted by Gasteiger charge is 2.42. The molecule has 1 fully saturated rings. The van der Waals surface area contributed by atoms with Gasteiger partial charge in [0.1, 0.15) is 5.54 Å². The Morgan fingerprint density at radius 3 is 2.65 bits per heavy atom. The predicted octanol–water partition coefficient (Wildman–Crippen LogP) is 2.64. The second kappa shape index (κ2) is 7.15. The van der Waals surface area contributed by atoms with Crippen LogP contribution in [0.15, 0.2) is 36.7 Å². The van der Waals surface area contributed by atoms with Crippen molar-refractivity contribution in [2.75, 3.05) is 18.4 Å². The zero-order valence-electron chi connectivity index (χ0n) is 13.5. The number of aryl methyl sites for hydroxylation is 2. The Morgan fingerprint density at radius 1 is 1.30 bits per heavy atom. The number of hydrogen-bond donors (Lipinski definition) is 2. The molecule has 0 saturated carbocycles. The van der Waals surface area contributed by atoms with Gasteiger partial charge in [0.05, 0.1) is 0 Å². The summed E-state index contributed by atoms with van der Waals surface area (Å²) < 4.78 is 1.81. The molecule has 0 radical (unpaired) electrons. The normalized spacial score (nSPS) is 16.4. The highest BCUT2D eigenvalue weighted by atomic mass is 35.5. The van der Waals surface area contributed by atoms with Crippen LogP contribution in [0.3, 0.4) is 0 Å². The fraction of sp³-hybridized carbons (Fsp3) is 0.412. The van der Waals surface area contributed by atoms with Gasteiger partial charge in [0.25, 0.3) is 5.91 Å². The van der Waals surface area contributed by atoms with Crippen LogP contribution in [0.2, 0.25) is 0 Å². The zero-order valence-corrected chi connectivity index (χ0v) is 14.3. The molecule has 1 aliphatic heterocycles. The van der Waals surface area contributed by atoms with Crippen LogP contribution < -0.4 is 10.6 Å². The fourth-order valence-corrected chi connectivity index (χ4v) is 3.12. The van der Waals surface area contributed by atoms with Crippen molar-refractivity contribution in [1.82, 2.24) is 15.1 Å². The van der Waals surface area contributed by atoms with Crippen LogP contribution in [0, 0.1) is 13.8 Å². The molecule has 124 valence electrons. The number of benzene rings is 1. The molecule has 2 heterocycles. The molecule has 1 aromatic heterocycles. The molecule has 2 N–H and O–H groups in total. The summed E-state index contributed by atoms with van der Waals surface area (Å²) in [6, 6.07) is 7.94. The van der Waals surface area contributed by atoms with Gasteiger partial charge in [0, 0.05) is 18.1 Å². The number of carbonyl (C=O) groups is 1. The first-order valence-electron chi connectivity index (χ1n) is 7.71. The highest BCUT2D eigenvalue weighted by molar-refractivity contribution is 5.97. The van der Waals surface area contributed by atoms with Gasteiger partial charge in [-0.3, -0.25) is 9.48 Å². The van der Waals surface area contributed by atoms with E-state index in [1.54, 1.807) is 6.20 Å². The van der Waals surface area contributed by atoms with E-state index in [0.717, 1.165) is 37.2 Å². The Morgan fingerprint density at radius 2 is 2.04 bits per heavy atom. The summed E-state index contributed by atoms with van der Waals surface area (Å²) in [6.45, 7) is 5.71. The van der Waals surface area contributed by atoms with Crippen LogP contribution >= 0.6 is 12.4 Å². The van der Waals surface area contributed by atoms with Crippen molar-refractivity contribution in [3.8, 4) is 0 Å². The SMILES string of the molecule is Cc1ccc(NC(=O)C2(n3cccn3)CCNCC2)c(C)c1.Cl. The van der Waals surface area contributed by atoms with Crippen LogP contribution in [0.1, 0.15) is 24.0 Å². The molecule has 0 atom stereocenters. The van der Waals surface area contributed by atoms with Gasteiger partial charge in [-0.15, -0.1) is 12.4 Å². The molecule has 0 bridgehead atoms. The number of rotatable bonds is 3. The number of carbonyl (C=O) groups excluding carboxylic acids is 1. The van der Waals surface area contributed by atoms with Crippen molar-refractivity contribution < 1.29 is 4.79 Å². The quantitative estimate of drug-likeness (QED) is 0.907. The summed E-state index contributed by atoms with van der Waals surface area (Å²) in [5.74, 6) is 0.0182. The monoisotopic (exact) mass is 334 g/mol. The highest BCUT2D eigenvalue weighted by Crippen LogP contribution is 2.29. The van der Waals surface area contributed by atoms with E-state index in [0.29, 0.717) is 0 Å². The van der Waals surface area contributed by atoms with Gasteiger partial charge in [-0.05, 0) is 57.5 Å². The number of amides is 1. The van der Waals surface area contributed by atoms with E-state index >= 15 is 0 Å². The summed E-state index contributed by atoms with van der Waals surface area (Å²) in [5.41, 5.74) is 2.55. The lowest BCUT2D eigenvalue weighted by molar-refractivity contribution is -0.126. The Hall–Kier alpha value is -1.85. The third kappa shape index (κ3) is 3.41. The average Bonchev–Trinajstić information content (AvgIpc) is 3.05. The van der Waals surface area contributed by atoms with Gasteiger partial charge in [0.2, 0.25) is 0 Å². The number of aromatic nitrogens is 2. The van der Waals surface area contributed by atoms with Crippen molar-refractivity contribution in [1.29, 1.82) is 0 Å². The number of anilines is 1. The van der Waals surface area contributed by atoms with Crippen LogP contribution in [0.5, 0.6) is 0 Å². The average molecular weight is 335 g/mol. The van der Waals surface area contributed by atoms with E-state index in [4.69, 9.17) is 0 Å². The molecular weight excluding hydrogens is 312 g/mol. The molecule has 0 spiro atoms. The lowest BCUT2D eigenvalue weighted by Gasteiger charge is -2.36. The summed E-state index contributed by atoms with van der Waals surface area (Å²) in [6.07, 6.45) is 5.10. The number of hydrogen-bond acceptors (Lipinski definition) is 3. The molecule has 23 heavy (non-hydrogen) atoms. The van der Waals surface area contributed by atoms with E-state index in [1.165, 1.54) is 5.56 Å². The molecular formula is C17H23ClN4O. The van der Waals surface area contributed by atoms with E-state index in [1.807, 2.05) is 36.0 Å². The Labute approximate surface area is 142 Å². The maximum atomic E-state index is 13.0. The smallest absolute Gasteiger partial charge is 0.252 e. The van der Waals surface area contributed by atoms with Crippen molar-refractivity contribution in [2.24, 2.45) is 0 Å². The van der Waals surface area contributed by atoms with Crippen LogP contribution in [0.4, 0.5) is 5.69 Å². The number of nitrogens with one attached hydrogen (secondary N) is 2. The van der Waals surface area contributed by atoms with Crippen LogP contribution in [-0.2, 0) is 10.3 Å². The maximum absolute atomic E-state index is 13.0. The van der Waals surface area contributed by atoms with E-state index in [-0.39, 0.29) is 18.3 Å². The summed E-state index contributed by atoms with van der Waals surface area (Å²) in [7, 11) is 0. The molecule has 1 saturated heterocycles. The first kappa shape index (κ1) is 17.5. The first-order valence-corrected chi connectivity index (χ1v) is 7.71. The molecule has 3 rings (SSSR count). The minimum absolute atomic E-state index is 0. The predicted molar refractivity (Wildman–Crippen MR) is 94.1 cm³/mol. The molecule has 1 amide bonds. The van der Waals surface area contributed by atoms with E-state index in [9.17, 15) is 4.79 Å². The Kier molecular flexibility index (Phi) is 5.44. The third-order valence-corrected chi connectivity index (χ3v) is 4.43.